The van der Waals surface area contributed by atoms with Crippen molar-refractivity contribution in [2.75, 3.05) is 22.9 Å². The fourth-order valence-electron chi connectivity index (χ4n) is 7.25. The van der Waals surface area contributed by atoms with E-state index >= 15 is 0 Å². The van der Waals surface area contributed by atoms with E-state index in [1.165, 1.54) is 39.0 Å². The molecule has 0 fully saturated rings. The van der Waals surface area contributed by atoms with Gasteiger partial charge in [0, 0.05) is 35.9 Å². The van der Waals surface area contributed by atoms with Gasteiger partial charge in [-0.3, -0.25) is 4.99 Å². The van der Waals surface area contributed by atoms with Crippen molar-refractivity contribution in [1.82, 2.24) is 0 Å². The van der Waals surface area contributed by atoms with Crippen LogP contribution in [0.3, 0.4) is 0 Å². The van der Waals surface area contributed by atoms with Crippen molar-refractivity contribution >= 4 is 34.0 Å². The topological polar surface area (TPSA) is 28.1 Å². The standard InChI is InChI=1S/C35H37N3O/c1-6-37(7-2)26-19-17-24(18-20-26)29-21-31-32(28-13-9-8-12-27(28)29)36-22-35(39-31)34(4,5)30-14-10-11-25-16-15-23(3)38(35)33(25)30/h8-14,17-23H,6-7,15-16H2,1-5H3/t23?,35-/m0/s1. The van der Waals surface area contributed by atoms with Gasteiger partial charge in [0.2, 0.25) is 5.72 Å². The number of ether oxygens (including phenoxy) is 1. The Bertz CT molecular complexity index is 1620. The molecule has 3 heterocycles. The van der Waals surface area contributed by atoms with Crippen LogP contribution in [0, 0.1) is 0 Å². The molecule has 0 saturated carbocycles. The van der Waals surface area contributed by atoms with E-state index in [-0.39, 0.29) is 5.41 Å². The molecule has 0 amide bonds. The van der Waals surface area contributed by atoms with E-state index in [1.54, 1.807) is 0 Å². The molecule has 198 valence electrons. The Morgan fingerprint density at radius 3 is 2.44 bits per heavy atom. The lowest BCUT2D eigenvalue weighted by Gasteiger charge is -2.49. The van der Waals surface area contributed by atoms with E-state index in [0.717, 1.165) is 42.8 Å². The maximum Gasteiger partial charge on any atom is 0.229 e. The fraction of sp³-hybridized carbons (Fsp3) is 0.343. The molecule has 4 aromatic rings. The van der Waals surface area contributed by atoms with Gasteiger partial charge in [0.1, 0.15) is 11.4 Å². The zero-order chi connectivity index (χ0) is 26.9. The Labute approximate surface area is 231 Å². The van der Waals surface area contributed by atoms with Gasteiger partial charge < -0.3 is 14.5 Å². The second-order valence-corrected chi connectivity index (χ2v) is 11.8. The second kappa shape index (κ2) is 8.61. The van der Waals surface area contributed by atoms with E-state index in [1.807, 2.05) is 0 Å². The summed E-state index contributed by atoms with van der Waals surface area (Å²) >= 11 is 0. The minimum absolute atomic E-state index is 0.268. The molecule has 1 unspecified atom stereocenters. The zero-order valence-electron chi connectivity index (χ0n) is 23.7. The molecule has 4 aromatic carbocycles. The van der Waals surface area contributed by atoms with Crippen molar-refractivity contribution in [1.29, 1.82) is 0 Å². The summed E-state index contributed by atoms with van der Waals surface area (Å²) in [4.78, 5) is 10.1. The van der Waals surface area contributed by atoms with Crippen LogP contribution < -0.4 is 14.5 Å². The van der Waals surface area contributed by atoms with Crippen molar-refractivity contribution in [3.63, 3.8) is 0 Å². The van der Waals surface area contributed by atoms with Gasteiger partial charge in [-0.15, -0.1) is 0 Å². The number of fused-ring (bicyclic) bond motifs is 4. The summed E-state index contributed by atoms with van der Waals surface area (Å²) in [7, 11) is 0. The van der Waals surface area contributed by atoms with Crippen LogP contribution in [0.2, 0.25) is 0 Å². The number of hydrogen-bond acceptors (Lipinski definition) is 4. The van der Waals surface area contributed by atoms with Crippen LogP contribution in [0.5, 0.6) is 5.75 Å². The third kappa shape index (κ3) is 3.27. The molecule has 0 radical (unpaired) electrons. The summed E-state index contributed by atoms with van der Waals surface area (Å²) in [5.74, 6) is 0.860. The van der Waals surface area contributed by atoms with E-state index < -0.39 is 5.72 Å². The summed E-state index contributed by atoms with van der Waals surface area (Å²) in [6.07, 6.45) is 4.32. The van der Waals surface area contributed by atoms with Crippen LogP contribution in [-0.2, 0) is 11.8 Å². The lowest BCUT2D eigenvalue weighted by molar-refractivity contribution is 0.0696. The Morgan fingerprint density at radius 2 is 1.69 bits per heavy atom. The van der Waals surface area contributed by atoms with Gasteiger partial charge in [0.25, 0.3) is 0 Å². The van der Waals surface area contributed by atoms with Crippen LogP contribution in [0.4, 0.5) is 17.1 Å². The molecule has 4 heteroatoms. The number of benzene rings is 4. The normalized spacial score (nSPS) is 22.1. The van der Waals surface area contributed by atoms with E-state index in [0.29, 0.717) is 6.04 Å². The predicted octanol–water partition coefficient (Wildman–Crippen LogP) is 8.28. The van der Waals surface area contributed by atoms with Crippen molar-refractivity contribution in [3.8, 4) is 16.9 Å². The van der Waals surface area contributed by atoms with Gasteiger partial charge in [-0.1, -0.05) is 54.6 Å². The van der Waals surface area contributed by atoms with Gasteiger partial charge in [-0.25, -0.2) is 0 Å². The van der Waals surface area contributed by atoms with Crippen LogP contribution in [0.25, 0.3) is 21.9 Å². The molecule has 4 nitrogen and oxygen atoms in total. The predicted molar refractivity (Wildman–Crippen MR) is 164 cm³/mol. The SMILES string of the molecule is CCN(CC)c1ccc(-c2cc3c(c4ccccc24)N=C[C@@]2(O3)N3c4c(cccc4C2(C)C)CCC3C)cc1. The summed E-state index contributed by atoms with van der Waals surface area (Å²) in [6.45, 7) is 13.4. The number of aryl methyl sites for hydroxylation is 1. The molecule has 3 aliphatic heterocycles. The first kappa shape index (κ1) is 24.3. The van der Waals surface area contributed by atoms with E-state index in [9.17, 15) is 0 Å². The Balaban J connectivity index is 1.40. The summed E-state index contributed by atoms with van der Waals surface area (Å²) in [5, 5.41) is 2.33. The monoisotopic (exact) mass is 515 g/mol. The summed E-state index contributed by atoms with van der Waals surface area (Å²) in [6, 6.07) is 27.0. The van der Waals surface area contributed by atoms with Gasteiger partial charge in [0.05, 0.1) is 11.6 Å². The Morgan fingerprint density at radius 1 is 0.949 bits per heavy atom. The zero-order valence-corrected chi connectivity index (χ0v) is 23.7. The average molecular weight is 516 g/mol. The molecule has 1 spiro atoms. The highest BCUT2D eigenvalue weighted by atomic mass is 16.5. The Hall–Kier alpha value is -3.79. The number of aliphatic imine (C=N–C) groups is 1. The molecular formula is C35H37N3O. The van der Waals surface area contributed by atoms with Gasteiger partial charge in [0.15, 0.2) is 0 Å². The lowest BCUT2D eigenvalue weighted by Crippen LogP contribution is -2.65. The molecule has 39 heavy (non-hydrogen) atoms. The number of hydrogen-bond donors (Lipinski definition) is 0. The maximum atomic E-state index is 7.28. The van der Waals surface area contributed by atoms with E-state index in [2.05, 4.69) is 123 Å². The third-order valence-electron chi connectivity index (χ3n) is 9.48. The van der Waals surface area contributed by atoms with Crippen LogP contribution in [0.15, 0.2) is 77.8 Å². The molecule has 7 rings (SSSR count). The van der Waals surface area contributed by atoms with Gasteiger partial charge >= 0.3 is 0 Å². The lowest BCUT2D eigenvalue weighted by atomic mass is 9.77. The Kier molecular flexibility index (Phi) is 5.35. The molecule has 2 atom stereocenters. The number of nitrogens with zero attached hydrogens (tertiary/aromatic N) is 3. The maximum absolute atomic E-state index is 7.28. The minimum Gasteiger partial charge on any atom is -0.459 e. The average Bonchev–Trinajstić information content (AvgIpc) is 3.15. The second-order valence-electron chi connectivity index (χ2n) is 11.8. The molecule has 0 bridgehead atoms. The molecule has 0 aliphatic carbocycles. The van der Waals surface area contributed by atoms with Crippen LogP contribution in [0.1, 0.15) is 52.2 Å². The van der Waals surface area contributed by atoms with Crippen molar-refractivity contribution in [2.24, 2.45) is 4.99 Å². The summed E-state index contributed by atoms with van der Waals surface area (Å²) in [5.41, 5.74) is 7.75. The molecule has 0 saturated heterocycles. The molecule has 0 aromatic heterocycles. The van der Waals surface area contributed by atoms with Crippen molar-refractivity contribution in [2.45, 2.75) is 64.6 Å². The first-order valence-corrected chi connectivity index (χ1v) is 14.5. The highest BCUT2D eigenvalue weighted by Crippen LogP contribution is 2.58. The summed E-state index contributed by atoms with van der Waals surface area (Å²) < 4.78 is 7.28. The fourth-order valence-corrected chi connectivity index (χ4v) is 7.25. The highest BCUT2D eigenvalue weighted by Gasteiger charge is 2.62. The minimum atomic E-state index is -0.676. The first-order valence-electron chi connectivity index (χ1n) is 14.5. The third-order valence-corrected chi connectivity index (χ3v) is 9.48. The number of anilines is 2. The first-order chi connectivity index (χ1) is 18.9. The highest BCUT2D eigenvalue weighted by molar-refractivity contribution is 6.07. The largest absolute Gasteiger partial charge is 0.459 e. The van der Waals surface area contributed by atoms with Crippen molar-refractivity contribution < 1.29 is 4.74 Å². The molecular weight excluding hydrogens is 478 g/mol. The van der Waals surface area contributed by atoms with Crippen LogP contribution in [-0.4, -0.2) is 31.1 Å². The number of para-hydroxylation sites is 1. The van der Waals surface area contributed by atoms with E-state index in [4.69, 9.17) is 9.73 Å². The van der Waals surface area contributed by atoms with Crippen molar-refractivity contribution in [3.05, 3.63) is 83.9 Å². The van der Waals surface area contributed by atoms with Crippen LogP contribution >= 0.6 is 0 Å². The van der Waals surface area contributed by atoms with Gasteiger partial charge in [-0.05, 0) is 93.3 Å². The molecule has 3 aliphatic rings. The van der Waals surface area contributed by atoms with Gasteiger partial charge in [-0.2, -0.15) is 0 Å². The molecule has 0 N–H and O–H groups in total. The number of rotatable bonds is 4. The quantitative estimate of drug-likeness (QED) is 0.274. The smallest absolute Gasteiger partial charge is 0.229 e.